The van der Waals surface area contributed by atoms with Crippen molar-refractivity contribution in [1.29, 1.82) is 0 Å². The second kappa shape index (κ2) is 5.92. The summed E-state index contributed by atoms with van der Waals surface area (Å²) in [5, 5.41) is 67.5. The van der Waals surface area contributed by atoms with E-state index in [1.54, 1.807) is 0 Å². The molecule has 0 saturated heterocycles. The first-order chi connectivity index (χ1) is 12.2. The van der Waals surface area contributed by atoms with E-state index >= 15 is 0 Å². The molecule has 3 aromatic rings. The highest BCUT2D eigenvalue weighted by molar-refractivity contribution is 5.87. The molecule has 2 aromatic carbocycles. The summed E-state index contributed by atoms with van der Waals surface area (Å²) < 4.78 is 5.46. The normalized spacial score (nSPS) is 11.8. The lowest BCUT2D eigenvalue weighted by Crippen LogP contribution is -2.36. The molecule has 136 valence electrons. The standard InChI is InChI=1S/C17H14O9/c18-6-17(24,25)14-15(23)13-11(22)4-8(19)5-12(13)26-16(14)7-1-2-9(20)10(21)3-7/h1-5,18-22,24-25H,6H2. The molecule has 0 atom stereocenters. The number of aliphatic hydroxyl groups is 3. The summed E-state index contributed by atoms with van der Waals surface area (Å²) in [6.45, 7) is -1.26. The van der Waals surface area contributed by atoms with Crippen molar-refractivity contribution in [3.8, 4) is 34.3 Å². The minimum atomic E-state index is -3.03. The zero-order chi connectivity index (χ0) is 19.2. The number of fused-ring (bicyclic) bond motifs is 1. The highest BCUT2D eigenvalue weighted by atomic mass is 16.5. The second-order valence-corrected chi connectivity index (χ2v) is 5.65. The van der Waals surface area contributed by atoms with Crippen LogP contribution in [0, 0.1) is 0 Å². The van der Waals surface area contributed by atoms with E-state index in [1.165, 1.54) is 6.07 Å². The summed E-state index contributed by atoms with van der Waals surface area (Å²) in [6.07, 6.45) is 0. The average Bonchev–Trinajstić information content (AvgIpc) is 2.56. The van der Waals surface area contributed by atoms with E-state index in [-0.39, 0.29) is 11.1 Å². The van der Waals surface area contributed by atoms with Crippen molar-refractivity contribution in [2.45, 2.75) is 5.79 Å². The Balaban J connectivity index is 2.49. The van der Waals surface area contributed by atoms with Gasteiger partial charge in [-0.1, -0.05) is 0 Å². The van der Waals surface area contributed by atoms with Gasteiger partial charge in [0.15, 0.2) is 11.5 Å². The number of hydrogen-bond acceptors (Lipinski definition) is 9. The minimum Gasteiger partial charge on any atom is -0.508 e. The number of aromatic hydroxyl groups is 4. The Morgan fingerprint density at radius 3 is 2.23 bits per heavy atom. The molecule has 0 spiro atoms. The van der Waals surface area contributed by atoms with Gasteiger partial charge in [0.25, 0.3) is 0 Å². The monoisotopic (exact) mass is 362 g/mol. The summed E-state index contributed by atoms with van der Waals surface area (Å²) in [4.78, 5) is 12.8. The summed E-state index contributed by atoms with van der Waals surface area (Å²) in [5.74, 6) is -5.57. The third-order valence-corrected chi connectivity index (χ3v) is 3.82. The lowest BCUT2D eigenvalue weighted by Gasteiger charge is -2.21. The van der Waals surface area contributed by atoms with E-state index in [4.69, 9.17) is 4.42 Å². The Morgan fingerprint density at radius 2 is 1.62 bits per heavy atom. The number of phenols is 4. The summed E-state index contributed by atoms with van der Waals surface area (Å²) in [7, 11) is 0. The van der Waals surface area contributed by atoms with Crippen LogP contribution in [0.3, 0.4) is 0 Å². The molecular weight excluding hydrogens is 348 g/mol. The van der Waals surface area contributed by atoms with E-state index < -0.39 is 57.5 Å². The molecule has 0 amide bonds. The summed E-state index contributed by atoms with van der Waals surface area (Å²) in [5.41, 5.74) is -2.16. The molecule has 0 aliphatic heterocycles. The molecule has 0 radical (unpaired) electrons. The molecule has 3 rings (SSSR count). The van der Waals surface area contributed by atoms with Crippen molar-refractivity contribution in [2.75, 3.05) is 6.61 Å². The molecule has 0 fully saturated rings. The molecule has 0 unspecified atom stereocenters. The first-order valence-corrected chi connectivity index (χ1v) is 7.27. The molecule has 0 aliphatic carbocycles. The number of rotatable bonds is 3. The van der Waals surface area contributed by atoms with Crippen LogP contribution < -0.4 is 5.43 Å². The predicted octanol–water partition coefficient (Wildman–Crippen LogP) is 0.412. The van der Waals surface area contributed by atoms with Gasteiger partial charge >= 0.3 is 0 Å². The van der Waals surface area contributed by atoms with Crippen molar-refractivity contribution in [3.05, 3.63) is 46.1 Å². The number of hydrogen-bond donors (Lipinski definition) is 7. The fourth-order valence-electron chi connectivity index (χ4n) is 2.60. The number of benzene rings is 2. The van der Waals surface area contributed by atoms with Gasteiger partial charge in [-0.25, -0.2) is 0 Å². The fourth-order valence-corrected chi connectivity index (χ4v) is 2.60. The van der Waals surface area contributed by atoms with E-state index in [0.29, 0.717) is 0 Å². The molecule has 9 heteroatoms. The lowest BCUT2D eigenvalue weighted by molar-refractivity contribution is -0.196. The maximum Gasteiger partial charge on any atom is 0.221 e. The Hall–Kier alpha value is -3.27. The second-order valence-electron chi connectivity index (χ2n) is 5.65. The molecule has 0 bridgehead atoms. The Kier molecular flexibility index (Phi) is 3.99. The van der Waals surface area contributed by atoms with Crippen LogP contribution in [-0.4, -0.2) is 42.4 Å². The maximum atomic E-state index is 12.8. The summed E-state index contributed by atoms with van der Waals surface area (Å²) >= 11 is 0. The fraction of sp³-hybridized carbons (Fsp3) is 0.118. The van der Waals surface area contributed by atoms with Gasteiger partial charge in [0, 0.05) is 17.7 Å². The van der Waals surface area contributed by atoms with Crippen molar-refractivity contribution >= 4 is 11.0 Å². The molecular formula is C17H14O9. The van der Waals surface area contributed by atoms with Crippen LogP contribution in [-0.2, 0) is 5.79 Å². The molecule has 0 saturated carbocycles. The quantitative estimate of drug-likeness (QED) is 0.257. The van der Waals surface area contributed by atoms with E-state index in [0.717, 1.165) is 24.3 Å². The first kappa shape index (κ1) is 17.5. The largest absolute Gasteiger partial charge is 0.508 e. The average molecular weight is 362 g/mol. The van der Waals surface area contributed by atoms with Crippen molar-refractivity contribution in [1.82, 2.24) is 0 Å². The Bertz CT molecular complexity index is 1070. The molecule has 1 heterocycles. The third-order valence-electron chi connectivity index (χ3n) is 3.82. The molecule has 26 heavy (non-hydrogen) atoms. The van der Waals surface area contributed by atoms with Gasteiger partial charge in [0.1, 0.15) is 40.4 Å². The highest BCUT2D eigenvalue weighted by Crippen LogP contribution is 2.37. The molecule has 1 aromatic heterocycles. The number of aliphatic hydroxyl groups excluding tert-OH is 1. The van der Waals surface area contributed by atoms with Gasteiger partial charge < -0.3 is 40.2 Å². The zero-order valence-corrected chi connectivity index (χ0v) is 13.0. The van der Waals surface area contributed by atoms with Gasteiger partial charge in [-0.2, -0.15) is 0 Å². The van der Waals surface area contributed by atoms with Crippen molar-refractivity contribution < 1.29 is 40.2 Å². The van der Waals surface area contributed by atoms with Crippen molar-refractivity contribution in [3.63, 3.8) is 0 Å². The maximum absolute atomic E-state index is 12.8. The lowest BCUT2D eigenvalue weighted by atomic mass is 9.97. The molecule has 0 aliphatic rings. The van der Waals surface area contributed by atoms with Crippen LogP contribution in [0.15, 0.2) is 39.5 Å². The van der Waals surface area contributed by atoms with Gasteiger partial charge in [-0.15, -0.1) is 0 Å². The van der Waals surface area contributed by atoms with Crippen LogP contribution >= 0.6 is 0 Å². The van der Waals surface area contributed by atoms with E-state index in [1.807, 2.05) is 0 Å². The van der Waals surface area contributed by atoms with Gasteiger partial charge in [-0.05, 0) is 18.2 Å². The minimum absolute atomic E-state index is 0.0296. The smallest absolute Gasteiger partial charge is 0.221 e. The van der Waals surface area contributed by atoms with E-state index in [2.05, 4.69) is 0 Å². The van der Waals surface area contributed by atoms with Gasteiger partial charge in [0.2, 0.25) is 11.2 Å². The summed E-state index contributed by atoms with van der Waals surface area (Å²) in [6, 6.07) is 5.19. The van der Waals surface area contributed by atoms with Crippen LogP contribution in [0.4, 0.5) is 0 Å². The number of phenolic OH excluding ortho intramolecular Hbond substituents is 4. The van der Waals surface area contributed by atoms with Crippen LogP contribution in [0.1, 0.15) is 5.56 Å². The first-order valence-electron chi connectivity index (χ1n) is 7.27. The van der Waals surface area contributed by atoms with E-state index in [9.17, 15) is 40.5 Å². The third kappa shape index (κ3) is 2.69. The van der Waals surface area contributed by atoms with Gasteiger partial charge in [0.05, 0.1) is 0 Å². The SMILES string of the molecule is O=c1c(C(O)(O)CO)c(-c2ccc(O)c(O)c2)oc2cc(O)cc(O)c12. The van der Waals surface area contributed by atoms with Crippen molar-refractivity contribution in [2.24, 2.45) is 0 Å². The van der Waals surface area contributed by atoms with Crippen LogP contribution in [0.5, 0.6) is 23.0 Å². The van der Waals surface area contributed by atoms with Crippen LogP contribution in [0.25, 0.3) is 22.3 Å². The highest BCUT2D eigenvalue weighted by Gasteiger charge is 2.35. The van der Waals surface area contributed by atoms with Crippen LogP contribution in [0.2, 0.25) is 0 Å². The van der Waals surface area contributed by atoms with Gasteiger partial charge in [-0.3, -0.25) is 4.79 Å². The predicted molar refractivity (Wildman–Crippen MR) is 87.8 cm³/mol. The Morgan fingerprint density at radius 1 is 0.923 bits per heavy atom. The molecule has 7 N–H and O–H groups in total. The molecule has 9 nitrogen and oxygen atoms in total. The topological polar surface area (TPSA) is 172 Å². The zero-order valence-electron chi connectivity index (χ0n) is 13.0. The Labute approximate surface area is 144 Å².